The van der Waals surface area contributed by atoms with Gasteiger partial charge in [0, 0.05) is 13.1 Å². The predicted molar refractivity (Wildman–Crippen MR) is 59.8 cm³/mol. The molecular weight excluding hydrogens is 361 g/mol. The van der Waals surface area contributed by atoms with Crippen LogP contribution in [-0.4, -0.2) is 53.6 Å². The molecule has 0 saturated carbocycles. The van der Waals surface area contributed by atoms with Crippen molar-refractivity contribution in [2.75, 3.05) is 13.1 Å². The Morgan fingerprint density at radius 2 is 1.29 bits per heavy atom. The molecule has 0 aromatic heterocycles. The molecule has 0 radical (unpaired) electrons. The predicted octanol–water partition coefficient (Wildman–Crippen LogP) is 3.58. The molecule has 2 aliphatic heterocycles. The van der Waals surface area contributed by atoms with Gasteiger partial charge in [0.15, 0.2) is 0 Å². The third kappa shape index (κ3) is 2.28. The lowest BCUT2D eigenvalue weighted by Gasteiger charge is -2.34. The van der Waals surface area contributed by atoms with Crippen molar-refractivity contribution in [2.24, 2.45) is 0 Å². The number of alkyl halides is 9. The average Bonchev–Trinajstić information content (AvgIpc) is 2.69. The lowest BCUT2D eigenvalue weighted by atomic mass is 9.99. The zero-order valence-electron chi connectivity index (χ0n) is 11.9. The van der Waals surface area contributed by atoms with Gasteiger partial charge in [-0.2, -0.15) is 39.5 Å². The van der Waals surface area contributed by atoms with Crippen LogP contribution >= 0.6 is 0 Å². The molecule has 0 bridgehead atoms. The first-order chi connectivity index (χ1) is 10.7. The van der Waals surface area contributed by atoms with E-state index in [-0.39, 0.29) is 30.8 Å². The quantitative estimate of drug-likeness (QED) is 0.693. The van der Waals surface area contributed by atoms with Crippen LogP contribution in [0.25, 0.3) is 0 Å². The van der Waals surface area contributed by atoms with Gasteiger partial charge in [-0.3, -0.25) is 9.53 Å². The zero-order chi connectivity index (χ0) is 18.6. The van der Waals surface area contributed by atoms with Crippen LogP contribution < -0.4 is 0 Å². The Labute approximate surface area is 129 Å². The molecule has 140 valence electrons. The van der Waals surface area contributed by atoms with E-state index in [9.17, 15) is 44.3 Å². The van der Waals surface area contributed by atoms with Crippen molar-refractivity contribution in [1.29, 1.82) is 0 Å². The van der Waals surface area contributed by atoms with E-state index in [4.69, 9.17) is 0 Å². The second-order valence-corrected chi connectivity index (χ2v) is 5.64. The molecule has 3 nitrogen and oxygen atoms in total. The Kier molecular flexibility index (Phi) is 4.30. The Morgan fingerprint density at radius 1 is 0.833 bits per heavy atom. The van der Waals surface area contributed by atoms with Crippen LogP contribution in [0.5, 0.6) is 0 Å². The molecule has 1 atom stereocenters. The van der Waals surface area contributed by atoms with E-state index in [1.54, 1.807) is 0 Å². The second-order valence-electron chi connectivity index (χ2n) is 5.64. The number of hydrogen-bond donors (Lipinski definition) is 0. The van der Waals surface area contributed by atoms with Crippen LogP contribution in [0.4, 0.5) is 39.5 Å². The number of carbonyl (C=O) groups excluding carboxylic acids is 1. The molecule has 0 aliphatic carbocycles. The highest BCUT2D eigenvalue weighted by atomic mass is 19.4. The molecule has 12 heteroatoms. The standard InChI is InChI=1S/C12H12F9NO2/c13-8(14,7(23)22-5-3-1-2-4-6-22)11(19)9(15,16)10(17,18)12(20,21)24-11/h1-6H2. The minimum atomic E-state index is -6.63. The fourth-order valence-electron chi connectivity index (χ4n) is 2.56. The minimum Gasteiger partial charge on any atom is -0.337 e. The summed E-state index contributed by atoms with van der Waals surface area (Å²) >= 11 is 0. The molecule has 24 heavy (non-hydrogen) atoms. The Bertz CT molecular complexity index is 517. The van der Waals surface area contributed by atoms with E-state index in [0.29, 0.717) is 12.8 Å². The highest BCUT2D eigenvalue weighted by Crippen LogP contribution is 2.64. The molecule has 2 aliphatic rings. The van der Waals surface area contributed by atoms with E-state index >= 15 is 0 Å². The first-order valence-corrected chi connectivity index (χ1v) is 6.92. The fraction of sp³-hybridized carbons (Fsp3) is 0.917. The van der Waals surface area contributed by atoms with Gasteiger partial charge in [0.2, 0.25) is 0 Å². The third-order valence-corrected chi connectivity index (χ3v) is 4.00. The topological polar surface area (TPSA) is 29.5 Å². The summed E-state index contributed by atoms with van der Waals surface area (Å²) in [5, 5.41) is 0. The number of likely N-dealkylation sites (tertiary alicyclic amines) is 1. The Hall–Kier alpha value is -1.20. The Balaban J connectivity index is 2.41. The monoisotopic (exact) mass is 373 g/mol. The van der Waals surface area contributed by atoms with E-state index < -0.39 is 35.6 Å². The van der Waals surface area contributed by atoms with Crippen molar-refractivity contribution in [2.45, 2.75) is 55.4 Å². The van der Waals surface area contributed by atoms with Crippen LogP contribution in [-0.2, 0) is 9.53 Å². The summed E-state index contributed by atoms with van der Waals surface area (Å²) < 4.78 is 123. The van der Waals surface area contributed by atoms with Crippen LogP contribution in [0.2, 0.25) is 0 Å². The Morgan fingerprint density at radius 3 is 1.67 bits per heavy atom. The van der Waals surface area contributed by atoms with Crippen molar-refractivity contribution in [1.82, 2.24) is 4.90 Å². The largest absolute Gasteiger partial charge is 0.428 e. The molecular formula is C12H12F9NO2. The second kappa shape index (κ2) is 5.40. The van der Waals surface area contributed by atoms with Crippen molar-refractivity contribution < 1.29 is 49.0 Å². The van der Waals surface area contributed by atoms with E-state index in [1.165, 1.54) is 0 Å². The van der Waals surface area contributed by atoms with Gasteiger partial charge in [-0.1, -0.05) is 12.8 Å². The molecule has 2 fully saturated rings. The smallest absolute Gasteiger partial charge is 0.337 e. The third-order valence-electron chi connectivity index (χ3n) is 4.00. The summed E-state index contributed by atoms with van der Waals surface area (Å²) in [5.74, 6) is -27.9. The summed E-state index contributed by atoms with van der Waals surface area (Å²) in [6.45, 7) is -0.744. The van der Waals surface area contributed by atoms with Crippen LogP contribution in [0, 0.1) is 0 Å². The highest BCUT2D eigenvalue weighted by molar-refractivity contribution is 5.85. The first-order valence-electron chi connectivity index (χ1n) is 6.92. The van der Waals surface area contributed by atoms with Crippen molar-refractivity contribution in [3.63, 3.8) is 0 Å². The number of rotatable bonds is 2. The lowest BCUT2D eigenvalue weighted by molar-refractivity contribution is -0.368. The number of ether oxygens (including phenoxy) is 1. The number of halogens is 9. The van der Waals surface area contributed by atoms with Gasteiger partial charge < -0.3 is 4.90 Å². The summed E-state index contributed by atoms with van der Waals surface area (Å²) in [7, 11) is 0. The average molecular weight is 373 g/mol. The molecule has 2 heterocycles. The maximum absolute atomic E-state index is 14.0. The van der Waals surface area contributed by atoms with Crippen LogP contribution in [0.3, 0.4) is 0 Å². The van der Waals surface area contributed by atoms with E-state index in [0.717, 1.165) is 0 Å². The fourth-order valence-corrected chi connectivity index (χ4v) is 2.56. The van der Waals surface area contributed by atoms with Crippen LogP contribution in [0.1, 0.15) is 25.7 Å². The van der Waals surface area contributed by atoms with Crippen molar-refractivity contribution in [3.05, 3.63) is 0 Å². The number of carbonyl (C=O) groups is 1. The molecule has 0 aromatic rings. The zero-order valence-corrected chi connectivity index (χ0v) is 11.9. The molecule has 2 rings (SSSR count). The number of nitrogens with zero attached hydrogens (tertiary/aromatic N) is 1. The van der Waals surface area contributed by atoms with E-state index in [2.05, 4.69) is 4.74 Å². The highest BCUT2D eigenvalue weighted by Gasteiger charge is 2.96. The van der Waals surface area contributed by atoms with Gasteiger partial charge in [0.25, 0.3) is 5.91 Å². The van der Waals surface area contributed by atoms with Gasteiger partial charge in [0.1, 0.15) is 0 Å². The van der Waals surface area contributed by atoms with Crippen molar-refractivity contribution in [3.8, 4) is 0 Å². The summed E-state index contributed by atoms with van der Waals surface area (Å²) in [6, 6.07) is 0. The van der Waals surface area contributed by atoms with Gasteiger partial charge in [0.05, 0.1) is 0 Å². The number of hydrogen-bond acceptors (Lipinski definition) is 2. The van der Waals surface area contributed by atoms with Crippen molar-refractivity contribution >= 4 is 5.91 Å². The molecule has 1 amide bonds. The first kappa shape index (κ1) is 19.1. The molecule has 1 unspecified atom stereocenters. The van der Waals surface area contributed by atoms with Gasteiger partial charge in [-0.25, -0.2) is 0 Å². The van der Waals surface area contributed by atoms with E-state index in [1.807, 2.05) is 0 Å². The van der Waals surface area contributed by atoms with Gasteiger partial charge >= 0.3 is 29.7 Å². The summed E-state index contributed by atoms with van der Waals surface area (Å²) in [4.78, 5) is 12.0. The summed E-state index contributed by atoms with van der Waals surface area (Å²) in [5.41, 5.74) is 0. The SMILES string of the molecule is O=C(N1CCCCCC1)C(F)(F)C1(F)OC(F)(F)C(F)(F)C1(F)F. The van der Waals surface area contributed by atoms with Gasteiger partial charge in [-0.05, 0) is 12.8 Å². The maximum Gasteiger partial charge on any atom is 0.428 e. The molecule has 0 spiro atoms. The molecule has 2 saturated heterocycles. The van der Waals surface area contributed by atoms with Gasteiger partial charge in [-0.15, -0.1) is 0 Å². The lowest BCUT2D eigenvalue weighted by Crippen LogP contribution is -2.65. The normalized spacial score (nSPS) is 32.5. The van der Waals surface area contributed by atoms with Crippen LogP contribution in [0.15, 0.2) is 0 Å². The maximum atomic E-state index is 14.0. The number of amides is 1. The minimum absolute atomic E-state index is 0.185. The molecule has 0 aromatic carbocycles. The molecule has 0 N–H and O–H groups in total. The summed E-state index contributed by atoms with van der Waals surface area (Å²) in [6.07, 6.45) is -4.82.